The van der Waals surface area contributed by atoms with Gasteiger partial charge in [-0.15, -0.1) is 0 Å². The fraction of sp³-hybridized carbons (Fsp3) is 0.500. The fourth-order valence-electron chi connectivity index (χ4n) is 2.05. The van der Waals surface area contributed by atoms with E-state index in [1.54, 1.807) is 12.3 Å². The Morgan fingerprint density at radius 1 is 1.65 bits per heavy atom. The molecule has 5 heteroatoms. The molecule has 1 saturated heterocycles. The summed E-state index contributed by atoms with van der Waals surface area (Å²) >= 11 is 0. The Hall–Kier alpha value is -1.80. The van der Waals surface area contributed by atoms with Crippen molar-refractivity contribution in [1.82, 2.24) is 4.98 Å². The average Bonchev–Trinajstić information content (AvgIpc) is 2.33. The summed E-state index contributed by atoms with van der Waals surface area (Å²) in [6.45, 7) is 3.36. The van der Waals surface area contributed by atoms with Crippen molar-refractivity contribution in [2.24, 2.45) is 5.92 Å². The van der Waals surface area contributed by atoms with E-state index in [0.717, 1.165) is 13.0 Å². The topological polar surface area (TPSA) is 86.2 Å². The number of aromatic nitrogens is 1. The molecule has 2 atom stereocenters. The highest BCUT2D eigenvalue weighted by Gasteiger charge is 2.26. The Kier molecular flexibility index (Phi) is 3.16. The highest BCUT2D eigenvalue weighted by molar-refractivity contribution is 5.70. The zero-order valence-corrected chi connectivity index (χ0v) is 9.80. The maximum atomic E-state index is 9.85. The molecule has 2 heterocycles. The normalized spacial score (nSPS) is 24.4. The molecule has 5 nitrogen and oxygen atoms in total. The van der Waals surface area contributed by atoms with E-state index in [1.807, 2.05) is 17.9 Å². The molecule has 0 saturated carbocycles. The van der Waals surface area contributed by atoms with Crippen LogP contribution in [-0.4, -0.2) is 29.3 Å². The van der Waals surface area contributed by atoms with E-state index < -0.39 is 0 Å². The minimum atomic E-state index is -0.365. The molecule has 2 unspecified atom stereocenters. The monoisotopic (exact) mass is 232 g/mol. The van der Waals surface area contributed by atoms with Gasteiger partial charge in [-0.05, 0) is 18.4 Å². The van der Waals surface area contributed by atoms with Gasteiger partial charge in [0.25, 0.3) is 0 Å². The van der Waals surface area contributed by atoms with Gasteiger partial charge in [0.15, 0.2) is 5.82 Å². The molecule has 1 aromatic rings. The number of nitriles is 1. The summed E-state index contributed by atoms with van der Waals surface area (Å²) < 4.78 is 0. The molecule has 1 aromatic heterocycles. The fourth-order valence-corrected chi connectivity index (χ4v) is 2.05. The Balaban J connectivity index is 2.27. The zero-order valence-electron chi connectivity index (χ0n) is 9.80. The Labute approximate surface area is 100 Å². The van der Waals surface area contributed by atoms with Crippen LogP contribution >= 0.6 is 0 Å². The molecule has 0 spiro atoms. The van der Waals surface area contributed by atoms with Crippen LogP contribution in [0.1, 0.15) is 18.9 Å². The quantitative estimate of drug-likeness (QED) is 0.746. The van der Waals surface area contributed by atoms with Gasteiger partial charge in [0.05, 0.1) is 17.4 Å². The number of nitrogen functional groups attached to an aromatic ring is 1. The highest BCUT2D eigenvalue weighted by atomic mass is 16.3. The minimum absolute atomic E-state index is 0.298. The molecule has 0 aromatic carbocycles. The van der Waals surface area contributed by atoms with Crippen LogP contribution < -0.4 is 10.6 Å². The predicted octanol–water partition coefficient (Wildman–Crippen LogP) is 0.743. The summed E-state index contributed by atoms with van der Waals surface area (Å²) in [5.74, 6) is 0.904. The number of nitrogens with zero attached hydrogens (tertiary/aromatic N) is 3. The minimum Gasteiger partial charge on any atom is -0.395 e. The van der Waals surface area contributed by atoms with E-state index in [0.29, 0.717) is 29.5 Å². The maximum absolute atomic E-state index is 9.85. The molecule has 17 heavy (non-hydrogen) atoms. The first-order chi connectivity index (χ1) is 8.13. The van der Waals surface area contributed by atoms with Gasteiger partial charge in [0, 0.05) is 19.3 Å². The molecule has 1 aliphatic heterocycles. The number of rotatable bonds is 1. The second-order valence-corrected chi connectivity index (χ2v) is 4.49. The van der Waals surface area contributed by atoms with Crippen molar-refractivity contribution in [3.63, 3.8) is 0 Å². The van der Waals surface area contributed by atoms with Gasteiger partial charge < -0.3 is 15.7 Å². The third-order valence-electron chi connectivity index (χ3n) is 3.31. The molecule has 0 radical (unpaired) electrons. The van der Waals surface area contributed by atoms with E-state index in [9.17, 15) is 5.11 Å². The second kappa shape index (κ2) is 4.60. The summed E-state index contributed by atoms with van der Waals surface area (Å²) in [5, 5.41) is 18.8. The van der Waals surface area contributed by atoms with Crippen molar-refractivity contribution in [3.05, 3.63) is 17.8 Å². The third-order valence-corrected chi connectivity index (χ3v) is 3.31. The largest absolute Gasteiger partial charge is 0.395 e. The first kappa shape index (κ1) is 11.7. The standard InChI is InChI=1S/C12H16N4O/c1-8-3-5-16(7-10(8)17)12-11(14)9(6-13)2-4-15-12/h2,4,8,10,17H,3,5,7,14H2,1H3. The van der Waals surface area contributed by atoms with Gasteiger partial charge in [-0.1, -0.05) is 6.92 Å². The Morgan fingerprint density at radius 2 is 2.41 bits per heavy atom. The van der Waals surface area contributed by atoms with Gasteiger partial charge in [-0.25, -0.2) is 4.98 Å². The summed E-state index contributed by atoms with van der Waals surface area (Å²) in [7, 11) is 0. The van der Waals surface area contributed by atoms with Crippen molar-refractivity contribution in [1.29, 1.82) is 5.26 Å². The summed E-state index contributed by atoms with van der Waals surface area (Å²) in [5.41, 5.74) is 6.73. The van der Waals surface area contributed by atoms with E-state index in [-0.39, 0.29) is 6.10 Å². The van der Waals surface area contributed by atoms with Crippen molar-refractivity contribution in [3.8, 4) is 6.07 Å². The van der Waals surface area contributed by atoms with Gasteiger partial charge in [-0.2, -0.15) is 5.26 Å². The van der Waals surface area contributed by atoms with E-state index in [2.05, 4.69) is 4.98 Å². The number of β-amino-alcohol motifs (C(OH)–C–C–N with tert-alkyl or cyclic N) is 1. The summed E-state index contributed by atoms with van der Waals surface area (Å²) in [6, 6.07) is 3.64. The Morgan fingerprint density at radius 3 is 3.06 bits per heavy atom. The number of piperidine rings is 1. The lowest BCUT2D eigenvalue weighted by atomic mass is 9.96. The van der Waals surface area contributed by atoms with Crippen molar-refractivity contribution in [2.75, 3.05) is 23.7 Å². The number of aliphatic hydroxyl groups is 1. The lowest BCUT2D eigenvalue weighted by molar-refractivity contribution is 0.102. The van der Waals surface area contributed by atoms with Crippen LogP contribution in [-0.2, 0) is 0 Å². The van der Waals surface area contributed by atoms with Gasteiger partial charge >= 0.3 is 0 Å². The Bertz CT molecular complexity index is 454. The number of aliphatic hydroxyl groups excluding tert-OH is 1. The number of hydrogen-bond acceptors (Lipinski definition) is 5. The first-order valence-electron chi connectivity index (χ1n) is 5.71. The maximum Gasteiger partial charge on any atom is 0.153 e. The van der Waals surface area contributed by atoms with Crippen LogP contribution in [0.25, 0.3) is 0 Å². The molecule has 0 amide bonds. The number of anilines is 2. The molecular formula is C12H16N4O. The van der Waals surface area contributed by atoms with Crippen LogP contribution in [0.3, 0.4) is 0 Å². The van der Waals surface area contributed by atoms with Crippen LogP contribution in [0.2, 0.25) is 0 Å². The SMILES string of the molecule is CC1CCN(c2nccc(C#N)c2N)CC1O. The second-order valence-electron chi connectivity index (χ2n) is 4.49. The lowest BCUT2D eigenvalue weighted by Gasteiger charge is -2.35. The molecule has 1 fully saturated rings. The van der Waals surface area contributed by atoms with Crippen LogP contribution in [0.5, 0.6) is 0 Å². The molecule has 90 valence electrons. The lowest BCUT2D eigenvalue weighted by Crippen LogP contribution is -2.43. The third kappa shape index (κ3) is 2.17. The number of pyridine rings is 1. The number of nitrogens with two attached hydrogens (primary N) is 1. The predicted molar refractivity (Wildman–Crippen MR) is 65.4 cm³/mol. The van der Waals surface area contributed by atoms with Crippen LogP contribution in [0.15, 0.2) is 12.3 Å². The molecule has 3 N–H and O–H groups in total. The van der Waals surface area contributed by atoms with E-state index in [4.69, 9.17) is 11.0 Å². The van der Waals surface area contributed by atoms with Gasteiger partial charge in [-0.3, -0.25) is 0 Å². The zero-order chi connectivity index (χ0) is 12.4. The van der Waals surface area contributed by atoms with E-state index >= 15 is 0 Å². The number of hydrogen-bond donors (Lipinski definition) is 2. The summed E-state index contributed by atoms with van der Waals surface area (Å²) in [4.78, 5) is 6.15. The van der Waals surface area contributed by atoms with Crippen LogP contribution in [0, 0.1) is 17.2 Å². The smallest absolute Gasteiger partial charge is 0.153 e. The van der Waals surface area contributed by atoms with Crippen LogP contribution in [0.4, 0.5) is 11.5 Å². The highest BCUT2D eigenvalue weighted by Crippen LogP contribution is 2.27. The molecule has 1 aliphatic rings. The van der Waals surface area contributed by atoms with E-state index in [1.165, 1.54) is 0 Å². The van der Waals surface area contributed by atoms with Crippen molar-refractivity contribution < 1.29 is 5.11 Å². The molecular weight excluding hydrogens is 216 g/mol. The van der Waals surface area contributed by atoms with Crippen molar-refractivity contribution in [2.45, 2.75) is 19.4 Å². The molecule has 0 bridgehead atoms. The van der Waals surface area contributed by atoms with Gasteiger partial charge in [0.1, 0.15) is 6.07 Å². The average molecular weight is 232 g/mol. The molecule has 2 rings (SSSR count). The summed E-state index contributed by atoms with van der Waals surface area (Å²) in [6.07, 6.45) is 2.11. The molecule has 0 aliphatic carbocycles. The first-order valence-corrected chi connectivity index (χ1v) is 5.71. The van der Waals surface area contributed by atoms with Crippen molar-refractivity contribution >= 4 is 11.5 Å². The van der Waals surface area contributed by atoms with Gasteiger partial charge in [0.2, 0.25) is 0 Å².